The van der Waals surface area contributed by atoms with Crippen LogP contribution in [-0.4, -0.2) is 17.6 Å². The number of carbonyl (C=O) groups is 1. The van der Waals surface area contributed by atoms with Gasteiger partial charge in [0.25, 0.3) is 0 Å². The predicted octanol–water partition coefficient (Wildman–Crippen LogP) is 6.90. The first-order chi connectivity index (χ1) is 16.7. The molecule has 0 aliphatic rings. The van der Waals surface area contributed by atoms with Crippen molar-refractivity contribution in [2.75, 3.05) is 6.61 Å². The average molecular weight is 484 g/mol. The van der Waals surface area contributed by atoms with Gasteiger partial charge in [0.1, 0.15) is 5.76 Å². The molecular weight excluding hydrogens is 455 g/mol. The Morgan fingerprint density at radius 2 is 1.77 bits per heavy atom. The lowest BCUT2D eigenvalue weighted by Crippen LogP contribution is -2.09. The minimum atomic E-state index is -4.38. The number of ether oxygens (including phenoxy) is 1. The maximum atomic E-state index is 12.8. The first-order valence-corrected chi connectivity index (χ1v) is 11.5. The van der Waals surface area contributed by atoms with Crippen molar-refractivity contribution >= 4 is 5.97 Å². The van der Waals surface area contributed by atoms with Crippen molar-refractivity contribution in [2.45, 2.75) is 58.5 Å². The molecule has 0 N–H and O–H groups in total. The first-order valence-electron chi connectivity index (χ1n) is 11.5. The van der Waals surface area contributed by atoms with Gasteiger partial charge in [0.05, 0.1) is 30.2 Å². The third-order valence-corrected chi connectivity index (χ3v) is 5.61. The van der Waals surface area contributed by atoms with Crippen LogP contribution < -0.4 is 0 Å². The molecular formula is C28H28F3NO3. The van der Waals surface area contributed by atoms with Gasteiger partial charge in [-0.3, -0.25) is 4.79 Å². The van der Waals surface area contributed by atoms with Gasteiger partial charge in [-0.2, -0.15) is 13.2 Å². The van der Waals surface area contributed by atoms with Gasteiger partial charge in [0.15, 0.2) is 0 Å². The van der Waals surface area contributed by atoms with Gasteiger partial charge in [-0.05, 0) is 75.4 Å². The lowest BCUT2D eigenvalue weighted by molar-refractivity contribution is -0.143. The monoisotopic (exact) mass is 483 g/mol. The topological polar surface area (TPSA) is 52.3 Å². The zero-order chi connectivity index (χ0) is 25.4. The van der Waals surface area contributed by atoms with E-state index in [1.54, 1.807) is 13.8 Å². The van der Waals surface area contributed by atoms with Crippen molar-refractivity contribution in [3.8, 4) is 23.3 Å². The van der Waals surface area contributed by atoms with Crippen molar-refractivity contribution in [1.29, 1.82) is 0 Å². The molecule has 0 aliphatic heterocycles. The second-order valence-corrected chi connectivity index (χ2v) is 8.15. The number of hydrogen-bond acceptors (Lipinski definition) is 4. The van der Waals surface area contributed by atoms with Crippen LogP contribution >= 0.6 is 0 Å². The summed E-state index contributed by atoms with van der Waals surface area (Å²) in [6.45, 7) is 5.69. The summed E-state index contributed by atoms with van der Waals surface area (Å²) in [4.78, 5) is 16.4. The number of alkyl halides is 3. The lowest BCUT2D eigenvalue weighted by atomic mass is 9.94. The second kappa shape index (κ2) is 11.7. The summed E-state index contributed by atoms with van der Waals surface area (Å²) in [5, 5.41) is 0. The number of esters is 1. The molecule has 2 aromatic carbocycles. The number of aromatic nitrogens is 1. The van der Waals surface area contributed by atoms with Gasteiger partial charge in [-0.25, -0.2) is 4.98 Å². The fourth-order valence-electron chi connectivity index (χ4n) is 3.77. The van der Waals surface area contributed by atoms with E-state index in [9.17, 15) is 18.0 Å². The molecule has 0 aliphatic carbocycles. The van der Waals surface area contributed by atoms with Gasteiger partial charge >= 0.3 is 12.1 Å². The van der Waals surface area contributed by atoms with Crippen LogP contribution in [0.5, 0.6) is 0 Å². The Kier molecular flexibility index (Phi) is 8.75. The Balaban J connectivity index is 1.59. The largest absolute Gasteiger partial charge is 0.466 e. The number of carbonyl (C=O) groups excluding carboxylic acids is 1. The highest BCUT2D eigenvalue weighted by Gasteiger charge is 2.30. The molecule has 0 bridgehead atoms. The second-order valence-electron chi connectivity index (χ2n) is 8.15. The molecule has 0 amide bonds. The molecule has 0 spiro atoms. The zero-order valence-electron chi connectivity index (χ0n) is 20.0. The van der Waals surface area contributed by atoms with E-state index in [4.69, 9.17) is 9.15 Å². The van der Waals surface area contributed by atoms with Crippen molar-refractivity contribution < 1.29 is 27.1 Å². The highest BCUT2D eigenvalue weighted by Crippen LogP contribution is 2.31. The van der Waals surface area contributed by atoms with Crippen LogP contribution in [0.3, 0.4) is 0 Å². The van der Waals surface area contributed by atoms with E-state index in [1.165, 1.54) is 12.1 Å². The summed E-state index contributed by atoms with van der Waals surface area (Å²) in [6, 6.07) is 12.9. The van der Waals surface area contributed by atoms with E-state index in [0.717, 1.165) is 41.8 Å². The number of nitrogens with zero attached hydrogens (tertiary/aromatic N) is 1. The van der Waals surface area contributed by atoms with Crippen molar-refractivity contribution in [2.24, 2.45) is 0 Å². The number of halogens is 3. The Morgan fingerprint density at radius 1 is 1.09 bits per heavy atom. The van der Waals surface area contributed by atoms with E-state index < -0.39 is 11.7 Å². The number of oxazole rings is 1. The van der Waals surface area contributed by atoms with Crippen molar-refractivity contribution in [1.82, 2.24) is 4.98 Å². The number of rotatable bonds is 9. The third-order valence-electron chi connectivity index (χ3n) is 5.61. The molecule has 4 nitrogen and oxygen atoms in total. The summed E-state index contributed by atoms with van der Waals surface area (Å²) in [5.41, 5.74) is 2.73. The van der Waals surface area contributed by atoms with E-state index in [0.29, 0.717) is 30.2 Å². The molecule has 1 unspecified atom stereocenters. The number of hydrogen-bond donors (Lipinski definition) is 0. The van der Waals surface area contributed by atoms with Crippen LogP contribution in [0.15, 0.2) is 52.9 Å². The average Bonchev–Trinajstić information content (AvgIpc) is 3.19. The van der Waals surface area contributed by atoms with Crippen LogP contribution in [0.1, 0.15) is 60.8 Å². The van der Waals surface area contributed by atoms with E-state index in [1.807, 2.05) is 31.2 Å². The van der Waals surface area contributed by atoms with Crippen LogP contribution in [0, 0.1) is 18.8 Å². The molecule has 7 heteroatoms. The summed E-state index contributed by atoms with van der Waals surface area (Å²) in [7, 11) is 0. The maximum Gasteiger partial charge on any atom is 0.416 e. The van der Waals surface area contributed by atoms with Gasteiger partial charge in [-0.1, -0.05) is 30.2 Å². The fraction of sp³-hybridized carbons (Fsp3) is 0.357. The predicted molar refractivity (Wildman–Crippen MR) is 128 cm³/mol. The summed E-state index contributed by atoms with van der Waals surface area (Å²) < 4.78 is 49.1. The maximum absolute atomic E-state index is 12.8. The quantitative estimate of drug-likeness (QED) is 0.245. The molecule has 1 aromatic heterocycles. The van der Waals surface area contributed by atoms with Gasteiger partial charge in [0, 0.05) is 5.56 Å². The summed E-state index contributed by atoms with van der Waals surface area (Å²) in [5.74, 6) is 6.49. The van der Waals surface area contributed by atoms with E-state index in [-0.39, 0.29) is 18.3 Å². The molecule has 3 rings (SSSR count). The molecule has 0 saturated heterocycles. The Labute approximate surface area is 203 Å². The molecule has 1 atom stereocenters. The highest BCUT2D eigenvalue weighted by atomic mass is 19.4. The Morgan fingerprint density at radius 3 is 2.37 bits per heavy atom. The Hall–Kier alpha value is -3.53. The normalized spacial score (nSPS) is 12.1. The van der Waals surface area contributed by atoms with Gasteiger partial charge < -0.3 is 9.15 Å². The standard InChI is InChI=1S/C28H28F3NO3/c1-4-7-23(18-26(33)34-5-2)21-12-10-20(11-13-21)8-6-9-25-19(3)35-27(32-25)22-14-16-24(17-15-22)28(29,30)31/h10-17,23H,5-6,8-9,18H2,1-3H3. The van der Waals surface area contributed by atoms with Crippen LogP contribution in [0.25, 0.3) is 11.5 Å². The third kappa shape index (κ3) is 7.22. The number of benzene rings is 2. The molecule has 0 fully saturated rings. The number of aryl methyl sites for hydroxylation is 3. The molecule has 0 radical (unpaired) electrons. The van der Waals surface area contributed by atoms with E-state index in [2.05, 4.69) is 16.8 Å². The van der Waals surface area contributed by atoms with Crippen molar-refractivity contribution in [3.63, 3.8) is 0 Å². The van der Waals surface area contributed by atoms with Gasteiger partial charge in [0.2, 0.25) is 5.89 Å². The summed E-state index contributed by atoms with van der Waals surface area (Å²) in [6.07, 6.45) is -1.81. The smallest absolute Gasteiger partial charge is 0.416 e. The first kappa shape index (κ1) is 26.1. The minimum absolute atomic E-state index is 0.200. The molecule has 1 heterocycles. The van der Waals surface area contributed by atoms with Crippen LogP contribution in [0.2, 0.25) is 0 Å². The molecule has 35 heavy (non-hydrogen) atoms. The van der Waals surface area contributed by atoms with Crippen LogP contribution in [-0.2, 0) is 28.5 Å². The molecule has 184 valence electrons. The SMILES string of the molecule is CC#CC(CC(=O)OCC)c1ccc(CCCc2nc(-c3ccc(C(F)(F)F)cc3)oc2C)cc1. The van der Waals surface area contributed by atoms with Gasteiger partial charge in [-0.15, -0.1) is 5.92 Å². The lowest BCUT2D eigenvalue weighted by Gasteiger charge is -2.11. The Bertz CT molecular complexity index is 1180. The minimum Gasteiger partial charge on any atom is -0.466 e. The highest BCUT2D eigenvalue weighted by molar-refractivity contribution is 5.71. The molecule has 3 aromatic rings. The summed E-state index contributed by atoms with van der Waals surface area (Å²) >= 11 is 0. The fourth-order valence-corrected chi connectivity index (χ4v) is 3.77. The van der Waals surface area contributed by atoms with Crippen molar-refractivity contribution in [3.05, 3.63) is 76.7 Å². The van der Waals surface area contributed by atoms with E-state index >= 15 is 0 Å². The van der Waals surface area contributed by atoms with Crippen LogP contribution in [0.4, 0.5) is 13.2 Å². The molecule has 0 saturated carbocycles. The zero-order valence-corrected chi connectivity index (χ0v) is 20.0.